The maximum absolute atomic E-state index is 13.3. The van der Waals surface area contributed by atoms with Crippen LogP contribution in [0.25, 0.3) is 10.9 Å². The Bertz CT molecular complexity index is 941. The highest BCUT2D eigenvalue weighted by Crippen LogP contribution is 2.45. The summed E-state index contributed by atoms with van der Waals surface area (Å²) in [5, 5.41) is 3.69. The topological polar surface area (TPSA) is 91.3 Å². The van der Waals surface area contributed by atoms with Crippen LogP contribution in [0.4, 0.5) is 0 Å². The number of carbonyl (C=O) groups is 1. The second-order valence-corrected chi connectivity index (χ2v) is 10.1. The maximum Gasteiger partial charge on any atom is 0.408 e. The first kappa shape index (κ1) is 26.4. The highest BCUT2D eigenvalue weighted by Gasteiger charge is 2.28. The fraction of sp³-hybridized carbons (Fsp3) is 0.591. The van der Waals surface area contributed by atoms with Crippen LogP contribution in [0.1, 0.15) is 33.3 Å². The molecule has 0 aliphatic rings. The summed E-state index contributed by atoms with van der Waals surface area (Å²) in [5.74, 6) is 0.186. The van der Waals surface area contributed by atoms with Crippen molar-refractivity contribution in [1.29, 1.82) is 0 Å². The van der Waals surface area contributed by atoms with Crippen molar-refractivity contribution in [2.24, 2.45) is 0 Å². The molecule has 0 aliphatic heterocycles. The second kappa shape index (κ2) is 11.8. The molecule has 32 heavy (non-hydrogen) atoms. The minimum absolute atomic E-state index is 0.0259. The number of aromatic nitrogens is 1. The van der Waals surface area contributed by atoms with Crippen molar-refractivity contribution in [2.45, 2.75) is 53.1 Å². The molecule has 1 aromatic heterocycles. The quantitative estimate of drug-likeness (QED) is 0.350. The minimum Gasteiger partial charge on any atom is -0.497 e. The van der Waals surface area contributed by atoms with Crippen LogP contribution in [-0.4, -0.2) is 61.9 Å². The zero-order valence-corrected chi connectivity index (χ0v) is 21.0. The number of likely N-dealkylation sites (N-methyl/N-ethyl adjacent to an activating group) is 1. The largest absolute Gasteiger partial charge is 0.497 e. The molecule has 180 valence electrons. The van der Waals surface area contributed by atoms with E-state index in [1.165, 1.54) is 0 Å². The van der Waals surface area contributed by atoms with E-state index in [1.807, 2.05) is 43.1 Å². The summed E-state index contributed by atoms with van der Waals surface area (Å²) >= 11 is 0. The average Bonchev–Trinajstić information content (AvgIpc) is 3.05. The molecule has 2 aromatic rings. The second-order valence-electron chi connectivity index (χ2n) is 8.34. The third kappa shape index (κ3) is 7.90. The van der Waals surface area contributed by atoms with Crippen molar-refractivity contribution in [3.63, 3.8) is 0 Å². The predicted molar refractivity (Wildman–Crippen MR) is 125 cm³/mol. The van der Waals surface area contributed by atoms with E-state index in [1.54, 1.807) is 34.8 Å². The fourth-order valence-electron chi connectivity index (χ4n) is 3.12. The number of carbonyl (C=O) groups excluding carboxylic acids is 1. The normalized spacial score (nSPS) is 13.8. The van der Waals surface area contributed by atoms with Crippen LogP contribution in [0.5, 0.6) is 5.75 Å². The van der Waals surface area contributed by atoms with Gasteiger partial charge in [-0.05, 0) is 65.9 Å². The molecule has 0 radical (unpaired) electrons. The molecular formula is C22H36N3O6P. The van der Waals surface area contributed by atoms with Gasteiger partial charge in [-0.15, -0.1) is 0 Å². The van der Waals surface area contributed by atoms with E-state index >= 15 is 0 Å². The monoisotopic (exact) mass is 469 g/mol. The smallest absolute Gasteiger partial charge is 0.408 e. The molecule has 1 unspecified atom stereocenters. The molecule has 0 fully saturated rings. The molecule has 10 heteroatoms. The van der Waals surface area contributed by atoms with E-state index in [9.17, 15) is 9.36 Å². The summed E-state index contributed by atoms with van der Waals surface area (Å²) in [6, 6.07) is 5.85. The summed E-state index contributed by atoms with van der Waals surface area (Å²) in [7, 11) is 1.90. The molecular weight excluding hydrogens is 433 g/mol. The lowest BCUT2D eigenvalue weighted by molar-refractivity contribution is -0.146. The Hall–Kier alpha value is -1.90. The summed E-state index contributed by atoms with van der Waals surface area (Å²) in [6.07, 6.45) is 2.20. The number of esters is 1. The molecule has 0 aliphatic carbocycles. The molecule has 0 spiro atoms. The van der Waals surface area contributed by atoms with Gasteiger partial charge in [0, 0.05) is 24.2 Å². The lowest BCUT2D eigenvalue weighted by Gasteiger charge is -2.21. The number of benzene rings is 1. The van der Waals surface area contributed by atoms with E-state index < -0.39 is 13.7 Å². The van der Waals surface area contributed by atoms with Crippen LogP contribution in [0.15, 0.2) is 24.4 Å². The van der Waals surface area contributed by atoms with Gasteiger partial charge in [0.15, 0.2) is 0 Å². The Balaban J connectivity index is 2.24. The standard InChI is InChI=1S/C22H36N3O6P/c1-16(2)30-22(26)13-23-32(27,31-17(3)4)29-15-25-14-18(10-11-24(5)6)20-9-8-19(28-7)12-21(20)25/h8-9,12,14,16-17H,10-11,13,15H2,1-7H3,(H,23,27). The van der Waals surface area contributed by atoms with Gasteiger partial charge in [0.25, 0.3) is 0 Å². The van der Waals surface area contributed by atoms with Crippen LogP contribution in [0, 0.1) is 0 Å². The Morgan fingerprint density at radius 3 is 2.50 bits per heavy atom. The van der Waals surface area contributed by atoms with E-state index in [0.29, 0.717) is 5.75 Å². The molecule has 1 heterocycles. The first-order chi connectivity index (χ1) is 15.0. The molecule has 0 bridgehead atoms. The van der Waals surface area contributed by atoms with Crippen molar-refractivity contribution >= 4 is 24.6 Å². The van der Waals surface area contributed by atoms with Crippen molar-refractivity contribution in [3.05, 3.63) is 30.0 Å². The van der Waals surface area contributed by atoms with Gasteiger partial charge in [-0.3, -0.25) is 13.8 Å². The number of nitrogens with one attached hydrogen (secondary N) is 1. The highest BCUT2D eigenvalue weighted by atomic mass is 31.2. The average molecular weight is 470 g/mol. The number of methoxy groups -OCH3 is 1. The van der Waals surface area contributed by atoms with Gasteiger partial charge >= 0.3 is 13.7 Å². The minimum atomic E-state index is -3.77. The summed E-state index contributed by atoms with van der Waals surface area (Å²) in [5.41, 5.74) is 2.04. The Morgan fingerprint density at radius 2 is 1.91 bits per heavy atom. The molecule has 1 atom stereocenters. The van der Waals surface area contributed by atoms with Gasteiger partial charge in [0.05, 0.1) is 24.8 Å². The number of fused-ring (bicyclic) bond motifs is 1. The van der Waals surface area contributed by atoms with Gasteiger partial charge in [0.2, 0.25) is 0 Å². The van der Waals surface area contributed by atoms with Crippen LogP contribution in [0.2, 0.25) is 0 Å². The number of rotatable bonds is 13. The number of nitrogens with zero attached hydrogens (tertiary/aromatic N) is 2. The van der Waals surface area contributed by atoms with E-state index in [2.05, 4.69) is 9.99 Å². The molecule has 2 rings (SSSR count). The van der Waals surface area contributed by atoms with Gasteiger partial charge in [-0.1, -0.05) is 0 Å². The zero-order valence-electron chi connectivity index (χ0n) is 20.1. The van der Waals surface area contributed by atoms with Crippen molar-refractivity contribution in [3.8, 4) is 5.75 Å². The molecule has 0 saturated carbocycles. The molecule has 9 nitrogen and oxygen atoms in total. The number of hydrogen-bond donors (Lipinski definition) is 1. The van der Waals surface area contributed by atoms with Gasteiger partial charge < -0.3 is 18.9 Å². The highest BCUT2D eigenvalue weighted by molar-refractivity contribution is 7.51. The van der Waals surface area contributed by atoms with Crippen LogP contribution in [0.3, 0.4) is 0 Å². The van der Waals surface area contributed by atoms with Crippen LogP contribution in [-0.2, 0) is 36.3 Å². The maximum atomic E-state index is 13.3. The summed E-state index contributed by atoms with van der Waals surface area (Å²) in [6.45, 7) is 7.58. The third-order valence-electron chi connectivity index (χ3n) is 4.50. The Kier molecular flexibility index (Phi) is 9.73. The molecule has 0 saturated heterocycles. The Labute approximate surface area is 190 Å². The van der Waals surface area contributed by atoms with Crippen LogP contribution >= 0.6 is 7.75 Å². The van der Waals surface area contributed by atoms with Crippen molar-refractivity contribution < 1.29 is 27.9 Å². The molecule has 0 amide bonds. The van der Waals surface area contributed by atoms with E-state index in [4.69, 9.17) is 18.5 Å². The van der Waals surface area contributed by atoms with Crippen LogP contribution < -0.4 is 9.82 Å². The first-order valence-corrected chi connectivity index (χ1v) is 12.3. The van der Waals surface area contributed by atoms with Crippen molar-refractivity contribution in [1.82, 2.24) is 14.6 Å². The molecule has 1 N–H and O–H groups in total. The predicted octanol–water partition coefficient (Wildman–Crippen LogP) is 3.80. The van der Waals surface area contributed by atoms with Gasteiger partial charge in [0.1, 0.15) is 19.0 Å². The fourth-order valence-corrected chi connectivity index (χ4v) is 4.50. The lowest BCUT2D eigenvalue weighted by Crippen LogP contribution is -2.27. The van der Waals surface area contributed by atoms with Crippen molar-refractivity contribution in [2.75, 3.05) is 34.3 Å². The van der Waals surface area contributed by atoms with E-state index in [-0.39, 0.29) is 25.5 Å². The lowest BCUT2D eigenvalue weighted by atomic mass is 10.1. The van der Waals surface area contributed by atoms with E-state index in [0.717, 1.165) is 29.4 Å². The first-order valence-electron chi connectivity index (χ1n) is 10.7. The third-order valence-corrected chi connectivity index (χ3v) is 6.20. The number of ether oxygens (including phenoxy) is 2. The number of hydrogen-bond acceptors (Lipinski definition) is 7. The SMILES string of the molecule is COc1ccc2c(CCN(C)C)cn(COP(=O)(NCC(=O)OC(C)C)OC(C)C)c2c1. The summed E-state index contributed by atoms with van der Waals surface area (Å²) < 4.78 is 36.8. The molecule has 1 aromatic carbocycles. The van der Waals surface area contributed by atoms with Gasteiger partial charge in [-0.25, -0.2) is 9.65 Å². The Morgan fingerprint density at radius 1 is 1.19 bits per heavy atom. The summed E-state index contributed by atoms with van der Waals surface area (Å²) in [4.78, 5) is 14.0. The zero-order chi connectivity index (χ0) is 23.9. The van der Waals surface area contributed by atoms with Gasteiger partial charge in [-0.2, -0.15) is 0 Å².